The van der Waals surface area contributed by atoms with E-state index in [9.17, 15) is 18.8 Å². The van der Waals surface area contributed by atoms with Gasteiger partial charge in [-0.1, -0.05) is 37.6 Å². The number of unbranched alkanes of at least 4 members (excludes halogenated alkanes) is 1. The number of nitrogens with zero attached hydrogens (tertiary/aromatic N) is 1. The number of anilines is 1. The fraction of sp³-hybridized carbons (Fsp3) is 0.348. The Morgan fingerprint density at radius 2 is 1.65 bits per heavy atom. The van der Waals surface area contributed by atoms with Gasteiger partial charge in [0, 0.05) is 12.2 Å². The second-order valence-electron chi connectivity index (χ2n) is 6.95. The van der Waals surface area contributed by atoms with E-state index >= 15 is 0 Å². The third-order valence-electron chi connectivity index (χ3n) is 4.47. The zero-order valence-corrected chi connectivity index (χ0v) is 17.7. The first kappa shape index (κ1) is 23.9. The maximum absolute atomic E-state index is 12.9. The highest BCUT2D eigenvalue weighted by Crippen LogP contribution is 2.13. The lowest BCUT2D eigenvalue weighted by atomic mass is 10.1. The highest BCUT2D eigenvalue weighted by Gasteiger charge is 2.18. The minimum atomic E-state index is -0.587. The number of hydrogen-bond acceptors (Lipinski definition) is 5. The Morgan fingerprint density at radius 1 is 1.00 bits per heavy atom. The average molecular weight is 430 g/mol. The summed E-state index contributed by atoms with van der Waals surface area (Å²) >= 11 is 0. The first-order valence-corrected chi connectivity index (χ1v) is 10.0. The first-order chi connectivity index (χ1) is 14.9. The number of nitrogens with one attached hydrogen (secondary N) is 1. The molecule has 2 aromatic carbocycles. The summed E-state index contributed by atoms with van der Waals surface area (Å²) in [5.41, 5.74) is 2.04. The van der Waals surface area contributed by atoms with Crippen LogP contribution in [0.15, 0.2) is 48.5 Å². The molecule has 0 saturated carbocycles. The summed E-state index contributed by atoms with van der Waals surface area (Å²) in [6, 6.07) is 12.6. The number of rotatable bonds is 10. The van der Waals surface area contributed by atoms with Gasteiger partial charge >= 0.3 is 12.1 Å². The molecule has 0 atom stereocenters. The molecule has 7 nitrogen and oxygen atoms in total. The number of carbonyl (C=O) groups is 3. The van der Waals surface area contributed by atoms with E-state index < -0.39 is 12.1 Å². The molecule has 0 saturated heterocycles. The number of amides is 2. The van der Waals surface area contributed by atoms with Crippen molar-refractivity contribution in [1.29, 1.82) is 0 Å². The molecule has 0 spiro atoms. The Morgan fingerprint density at radius 3 is 2.26 bits per heavy atom. The van der Waals surface area contributed by atoms with Gasteiger partial charge in [-0.15, -0.1) is 0 Å². The number of carbonyl (C=O) groups excluding carboxylic acids is 3. The maximum atomic E-state index is 12.9. The van der Waals surface area contributed by atoms with E-state index in [1.165, 1.54) is 24.1 Å². The Hall–Kier alpha value is -3.42. The van der Waals surface area contributed by atoms with E-state index in [1.54, 1.807) is 36.4 Å². The number of methoxy groups -OCH3 is 1. The monoisotopic (exact) mass is 430 g/mol. The van der Waals surface area contributed by atoms with Crippen LogP contribution in [0.4, 0.5) is 14.9 Å². The largest absolute Gasteiger partial charge is 0.468 e. The van der Waals surface area contributed by atoms with Gasteiger partial charge in [-0.3, -0.25) is 14.5 Å². The zero-order chi connectivity index (χ0) is 22.6. The quantitative estimate of drug-likeness (QED) is 0.578. The van der Waals surface area contributed by atoms with Gasteiger partial charge in [-0.2, -0.15) is 0 Å². The number of esters is 1. The Kier molecular flexibility index (Phi) is 9.48. The predicted molar refractivity (Wildman–Crippen MR) is 114 cm³/mol. The summed E-state index contributed by atoms with van der Waals surface area (Å²) in [4.78, 5) is 37.2. The number of halogens is 1. The molecule has 0 bridgehead atoms. The minimum Gasteiger partial charge on any atom is -0.468 e. The SMILES string of the molecule is CCCCN(CC(=O)OC)C(=O)OCc1ccc(NC(=O)Cc2ccc(F)cc2)cc1. The van der Waals surface area contributed by atoms with Crippen molar-refractivity contribution in [1.82, 2.24) is 4.90 Å². The van der Waals surface area contributed by atoms with Crippen molar-refractivity contribution in [3.8, 4) is 0 Å². The average Bonchev–Trinajstić information content (AvgIpc) is 2.77. The minimum absolute atomic E-state index is 0.0342. The number of hydrogen-bond donors (Lipinski definition) is 1. The molecule has 0 aromatic heterocycles. The van der Waals surface area contributed by atoms with Gasteiger partial charge in [0.05, 0.1) is 13.5 Å². The molecule has 0 heterocycles. The van der Waals surface area contributed by atoms with Gasteiger partial charge in [0.1, 0.15) is 19.0 Å². The fourth-order valence-electron chi connectivity index (χ4n) is 2.72. The van der Waals surface area contributed by atoms with Crippen LogP contribution >= 0.6 is 0 Å². The van der Waals surface area contributed by atoms with E-state index in [4.69, 9.17) is 4.74 Å². The van der Waals surface area contributed by atoms with E-state index in [0.717, 1.165) is 18.4 Å². The van der Waals surface area contributed by atoms with Crippen molar-refractivity contribution >= 4 is 23.7 Å². The molecule has 0 fully saturated rings. The lowest BCUT2D eigenvalue weighted by molar-refractivity contribution is -0.141. The predicted octanol–water partition coefficient (Wildman–Crippen LogP) is 3.92. The van der Waals surface area contributed by atoms with Crippen LogP contribution in [0.25, 0.3) is 0 Å². The van der Waals surface area contributed by atoms with Crippen molar-refractivity contribution in [2.75, 3.05) is 25.5 Å². The third kappa shape index (κ3) is 8.46. The molecule has 0 aliphatic rings. The normalized spacial score (nSPS) is 10.3. The molecule has 0 radical (unpaired) electrons. The molecule has 8 heteroatoms. The van der Waals surface area contributed by atoms with Crippen LogP contribution in [0, 0.1) is 5.82 Å². The van der Waals surface area contributed by atoms with E-state index in [2.05, 4.69) is 10.1 Å². The molecule has 2 rings (SSSR count). The van der Waals surface area contributed by atoms with Crippen LogP contribution in [0.2, 0.25) is 0 Å². The highest BCUT2D eigenvalue weighted by molar-refractivity contribution is 5.92. The smallest absolute Gasteiger partial charge is 0.410 e. The highest BCUT2D eigenvalue weighted by atomic mass is 19.1. The van der Waals surface area contributed by atoms with Gasteiger partial charge in [-0.05, 0) is 41.8 Å². The first-order valence-electron chi connectivity index (χ1n) is 10.0. The maximum Gasteiger partial charge on any atom is 0.410 e. The van der Waals surface area contributed by atoms with E-state index in [-0.39, 0.29) is 31.3 Å². The van der Waals surface area contributed by atoms with Crippen LogP contribution in [0.3, 0.4) is 0 Å². The molecule has 166 valence electrons. The molecule has 0 aliphatic heterocycles. The van der Waals surface area contributed by atoms with Gasteiger partial charge in [0.15, 0.2) is 0 Å². The second kappa shape index (κ2) is 12.3. The van der Waals surface area contributed by atoms with Crippen LogP contribution in [-0.4, -0.2) is 43.1 Å². The summed E-state index contributed by atoms with van der Waals surface area (Å²) in [5.74, 6) is -1.08. The van der Waals surface area contributed by atoms with Crippen LogP contribution in [0.1, 0.15) is 30.9 Å². The summed E-state index contributed by atoms with van der Waals surface area (Å²) < 4.78 is 22.9. The summed E-state index contributed by atoms with van der Waals surface area (Å²) in [5, 5.41) is 2.77. The van der Waals surface area contributed by atoms with Crippen LogP contribution < -0.4 is 5.32 Å². The number of benzene rings is 2. The molecule has 0 aliphatic carbocycles. The molecule has 31 heavy (non-hydrogen) atoms. The molecular weight excluding hydrogens is 403 g/mol. The fourth-order valence-corrected chi connectivity index (χ4v) is 2.72. The molecule has 1 N–H and O–H groups in total. The number of ether oxygens (including phenoxy) is 2. The summed E-state index contributed by atoms with van der Waals surface area (Å²) in [7, 11) is 1.27. The molecule has 0 unspecified atom stereocenters. The lowest BCUT2D eigenvalue weighted by Gasteiger charge is -2.20. The molecular formula is C23H27FN2O5. The van der Waals surface area contributed by atoms with Gasteiger partial charge < -0.3 is 14.8 Å². The zero-order valence-electron chi connectivity index (χ0n) is 17.7. The third-order valence-corrected chi connectivity index (χ3v) is 4.47. The molecule has 2 aromatic rings. The van der Waals surface area contributed by atoms with E-state index in [1.807, 2.05) is 6.92 Å². The van der Waals surface area contributed by atoms with Crippen molar-refractivity contribution in [3.63, 3.8) is 0 Å². The van der Waals surface area contributed by atoms with Gasteiger partial charge in [0.2, 0.25) is 5.91 Å². The van der Waals surface area contributed by atoms with Crippen LogP contribution in [0.5, 0.6) is 0 Å². The van der Waals surface area contributed by atoms with E-state index in [0.29, 0.717) is 17.8 Å². The summed E-state index contributed by atoms with van der Waals surface area (Å²) in [6.45, 7) is 2.27. The van der Waals surface area contributed by atoms with Gasteiger partial charge in [-0.25, -0.2) is 9.18 Å². The second-order valence-corrected chi connectivity index (χ2v) is 6.95. The Bertz CT molecular complexity index is 869. The van der Waals surface area contributed by atoms with Crippen molar-refractivity contribution < 1.29 is 28.2 Å². The molecule has 2 amide bonds. The lowest BCUT2D eigenvalue weighted by Crippen LogP contribution is -2.37. The van der Waals surface area contributed by atoms with Crippen molar-refractivity contribution in [2.45, 2.75) is 32.8 Å². The Balaban J connectivity index is 1.85. The summed E-state index contributed by atoms with van der Waals surface area (Å²) in [6.07, 6.45) is 1.17. The van der Waals surface area contributed by atoms with Crippen molar-refractivity contribution in [2.24, 2.45) is 0 Å². The Labute approximate surface area is 181 Å². The standard InChI is InChI=1S/C23H27FN2O5/c1-3-4-13-26(15-22(28)30-2)23(29)31-16-18-7-11-20(12-8-18)25-21(27)14-17-5-9-19(24)10-6-17/h5-12H,3-4,13-16H2,1-2H3,(H,25,27). The van der Waals surface area contributed by atoms with Crippen LogP contribution in [-0.2, 0) is 32.1 Å². The van der Waals surface area contributed by atoms with Crippen molar-refractivity contribution in [3.05, 3.63) is 65.5 Å². The topological polar surface area (TPSA) is 84.9 Å². The van der Waals surface area contributed by atoms with Gasteiger partial charge in [0.25, 0.3) is 0 Å².